The molecule has 0 aliphatic rings. The second-order valence-corrected chi connectivity index (χ2v) is 3.11. The van der Waals surface area contributed by atoms with Crippen LogP contribution in [0.1, 0.15) is 5.69 Å². The fourth-order valence-electron chi connectivity index (χ4n) is 1.47. The van der Waals surface area contributed by atoms with Crippen LogP contribution in [0, 0.1) is 0 Å². The van der Waals surface area contributed by atoms with E-state index in [4.69, 9.17) is 5.73 Å². The number of rotatable bonds is 3. The van der Waals surface area contributed by atoms with Gasteiger partial charge >= 0.3 is 0 Å². The molecule has 2 rings (SSSR count). The van der Waals surface area contributed by atoms with Crippen LogP contribution < -0.4 is 5.73 Å². The first-order chi connectivity index (χ1) is 6.92. The van der Waals surface area contributed by atoms with Crippen molar-refractivity contribution in [2.24, 2.45) is 5.73 Å². The highest BCUT2D eigenvalue weighted by atomic mass is 15.3. The summed E-state index contributed by atoms with van der Waals surface area (Å²) in [7, 11) is 0. The van der Waals surface area contributed by atoms with E-state index in [1.165, 1.54) is 0 Å². The van der Waals surface area contributed by atoms with Crippen molar-refractivity contribution in [3.05, 3.63) is 48.3 Å². The van der Waals surface area contributed by atoms with Crippen LogP contribution in [0.15, 0.2) is 42.6 Å². The summed E-state index contributed by atoms with van der Waals surface area (Å²) < 4.78 is 1.92. The first-order valence-corrected chi connectivity index (χ1v) is 4.70. The zero-order valence-electron chi connectivity index (χ0n) is 7.93. The number of benzene rings is 1. The maximum atomic E-state index is 5.53. The molecule has 0 radical (unpaired) electrons. The van der Waals surface area contributed by atoms with Gasteiger partial charge in [-0.25, -0.2) is 4.68 Å². The highest BCUT2D eigenvalue weighted by Gasteiger charge is 2.02. The van der Waals surface area contributed by atoms with Gasteiger partial charge in [0.15, 0.2) is 0 Å². The minimum absolute atomic E-state index is 0.651. The number of hydrogen-bond donors (Lipinski definition) is 1. The van der Waals surface area contributed by atoms with Gasteiger partial charge in [0.25, 0.3) is 0 Å². The van der Waals surface area contributed by atoms with Crippen LogP contribution in [-0.4, -0.2) is 16.3 Å². The van der Waals surface area contributed by atoms with E-state index in [0.29, 0.717) is 6.54 Å². The summed E-state index contributed by atoms with van der Waals surface area (Å²) in [5.41, 5.74) is 7.76. The fourth-order valence-corrected chi connectivity index (χ4v) is 1.47. The van der Waals surface area contributed by atoms with E-state index in [2.05, 4.69) is 5.10 Å². The average molecular weight is 187 g/mol. The summed E-state index contributed by atoms with van der Waals surface area (Å²) in [4.78, 5) is 0. The third-order valence-electron chi connectivity index (χ3n) is 2.12. The molecule has 1 aromatic carbocycles. The third kappa shape index (κ3) is 1.67. The highest BCUT2D eigenvalue weighted by molar-refractivity contribution is 5.32. The van der Waals surface area contributed by atoms with Gasteiger partial charge in [-0.2, -0.15) is 5.10 Å². The SMILES string of the molecule is NCCc1ccnn1-c1ccccc1. The predicted molar refractivity (Wildman–Crippen MR) is 56.3 cm³/mol. The summed E-state index contributed by atoms with van der Waals surface area (Å²) >= 11 is 0. The number of nitrogens with zero attached hydrogens (tertiary/aromatic N) is 2. The molecule has 2 aromatic rings. The molecule has 0 aliphatic heterocycles. The molecular weight excluding hydrogens is 174 g/mol. The minimum Gasteiger partial charge on any atom is -0.330 e. The fraction of sp³-hybridized carbons (Fsp3) is 0.182. The van der Waals surface area contributed by atoms with Crippen molar-refractivity contribution in [2.45, 2.75) is 6.42 Å². The van der Waals surface area contributed by atoms with Gasteiger partial charge in [-0.05, 0) is 24.7 Å². The van der Waals surface area contributed by atoms with E-state index < -0.39 is 0 Å². The lowest BCUT2D eigenvalue weighted by Crippen LogP contribution is -2.08. The van der Waals surface area contributed by atoms with E-state index in [1.54, 1.807) is 6.20 Å². The third-order valence-corrected chi connectivity index (χ3v) is 2.12. The van der Waals surface area contributed by atoms with Crippen molar-refractivity contribution in [3.8, 4) is 5.69 Å². The molecule has 14 heavy (non-hydrogen) atoms. The second-order valence-electron chi connectivity index (χ2n) is 3.11. The molecule has 0 atom stereocenters. The van der Waals surface area contributed by atoms with E-state index in [1.807, 2.05) is 41.1 Å². The predicted octanol–water partition coefficient (Wildman–Crippen LogP) is 1.37. The van der Waals surface area contributed by atoms with Crippen molar-refractivity contribution in [1.29, 1.82) is 0 Å². The van der Waals surface area contributed by atoms with Gasteiger partial charge in [-0.1, -0.05) is 18.2 Å². The Balaban J connectivity index is 2.37. The molecule has 0 amide bonds. The van der Waals surface area contributed by atoms with Gasteiger partial charge in [-0.3, -0.25) is 0 Å². The standard InChI is InChI=1S/C11H13N3/c12-8-6-11-7-9-13-14(11)10-4-2-1-3-5-10/h1-5,7,9H,6,8,12H2. The summed E-state index contributed by atoms with van der Waals surface area (Å²) in [6.07, 6.45) is 2.66. The Hall–Kier alpha value is -1.61. The second kappa shape index (κ2) is 4.07. The van der Waals surface area contributed by atoms with Crippen molar-refractivity contribution < 1.29 is 0 Å². The van der Waals surface area contributed by atoms with E-state index in [-0.39, 0.29) is 0 Å². The van der Waals surface area contributed by atoms with Gasteiger partial charge in [0, 0.05) is 18.3 Å². The number of hydrogen-bond acceptors (Lipinski definition) is 2. The summed E-state index contributed by atoms with van der Waals surface area (Å²) in [6.45, 7) is 0.651. The lowest BCUT2D eigenvalue weighted by atomic mass is 10.3. The molecule has 0 saturated heterocycles. The van der Waals surface area contributed by atoms with Crippen LogP contribution in [0.4, 0.5) is 0 Å². The van der Waals surface area contributed by atoms with Crippen molar-refractivity contribution in [2.75, 3.05) is 6.54 Å². The molecule has 1 heterocycles. The summed E-state index contributed by atoms with van der Waals surface area (Å²) in [5, 5.41) is 4.27. The Morgan fingerprint density at radius 3 is 2.64 bits per heavy atom. The van der Waals surface area contributed by atoms with Gasteiger partial charge in [-0.15, -0.1) is 0 Å². The molecule has 0 fully saturated rings. The van der Waals surface area contributed by atoms with Gasteiger partial charge in [0.1, 0.15) is 0 Å². The smallest absolute Gasteiger partial charge is 0.0648 e. The minimum atomic E-state index is 0.651. The van der Waals surface area contributed by atoms with Gasteiger partial charge in [0.2, 0.25) is 0 Å². The number of nitrogens with two attached hydrogens (primary N) is 1. The van der Waals surface area contributed by atoms with Crippen LogP contribution in [0.2, 0.25) is 0 Å². The van der Waals surface area contributed by atoms with Gasteiger partial charge in [0.05, 0.1) is 5.69 Å². The van der Waals surface area contributed by atoms with Gasteiger partial charge < -0.3 is 5.73 Å². The Morgan fingerprint density at radius 2 is 1.93 bits per heavy atom. The molecule has 3 nitrogen and oxygen atoms in total. The van der Waals surface area contributed by atoms with Crippen LogP contribution in [0.5, 0.6) is 0 Å². The molecule has 0 bridgehead atoms. The zero-order valence-corrected chi connectivity index (χ0v) is 7.93. The summed E-state index contributed by atoms with van der Waals surface area (Å²) in [5.74, 6) is 0. The lowest BCUT2D eigenvalue weighted by Gasteiger charge is -2.05. The van der Waals surface area contributed by atoms with Crippen molar-refractivity contribution in [3.63, 3.8) is 0 Å². The molecule has 2 N–H and O–H groups in total. The molecule has 0 spiro atoms. The first-order valence-electron chi connectivity index (χ1n) is 4.70. The average Bonchev–Trinajstić information content (AvgIpc) is 2.68. The molecule has 1 aromatic heterocycles. The van der Waals surface area contributed by atoms with E-state index in [0.717, 1.165) is 17.8 Å². The highest BCUT2D eigenvalue weighted by Crippen LogP contribution is 2.09. The quantitative estimate of drug-likeness (QED) is 0.788. The maximum Gasteiger partial charge on any atom is 0.0648 e. The largest absolute Gasteiger partial charge is 0.330 e. The van der Waals surface area contributed by atoms with E-state index >= 15 is 0 Å². The van der Waals surface area contributed by atoms with Crippen LogP contribution in [0.25, 0.3) is 5.69 Å². The lowest BCUT2D eigenvalue weighted by molar-refractivity contribution is 0.791. The first kappa shape index (κ1) is 8.97. The van der Waals surface area contributed by atoms with E-state index in [9.17, 15) is 0 Å². The van der Waals surface area contributed by atoms with Crippen LogP contribution in [0.3, 0.4) is 0 Å². The zero-order chi connectivity index (χ0) is 9.80. The monoisotopic (exact) mass is 187 g/mol. The van der Waals surface area contributed by atoms with Crippen molar-refractivity contribution >= 4 is 0 Å². The van der Waals surface area contributed by atoms with Crippen LogP contribution >= 0.6 is 0 Å². The van der Waals surface area contributed by atoms with Crippen molar-refractivity contribution in [1.82, 2.24) is 9.78 Å². The number of aromatic nitrogens is 2. The maximum absolute atomic E-state index is 5.53. The number of para-hydroxylation sites is 1. The molecule has 72 valence electrons. The Bertz CT molecular complexity index is 392. The molecule has 0 unspecified atom stereocenters. The molecule has 0 aliphatic carbocycles. The normalized spacial score (nSPS) is 10.4. The summed E-state index contributed by atoms with van der Waals surface area (Å²) in [6, 6.07) is 12.1. The molecular formula is C11H13N3. The molecule has 3 heteroatoms. The Morgan fingerprint density at radius 1 is 1.14 bits per heavy atom. The van der Waals surface area contributed by atoms with Crippen LogP contribution in [-0.2, 0) is 6.42 Å². The molecule has 0 saturated carbocycles. The Labute approximate surface area is 83.2 Å². The Kier molecular flexibility index (Phi) is 2.60. The topological polar surface area (TPSA) is 43.8 Å².